The summed E-state index contributed by atoms with van der Waals surface area (Å²) in [4.78, 5) is 27.3. The minimum Gasteiger partial charge on any atom is -0.354 e. The van der Waals surface area contributed by atoms with Crippen LogP contribution in [-0.2, 0) is 21.8 Å². The molecule has 2 amide bonds. The molecule has 162 valence electrons. The Labute approximate surface area is 185 Å². The van der Waals surface area contributed by atoms with E-state index in [1.165, 1.54) is 16.7 Å². The van der Waals surface area contributed by atoms with Crippen LogP contribution >= 0.6 is 11.8 Å². The molecule has 0 saturated carbocycles. The standard InChI is InChI=1S/C25H34N2O2S/c1-4-5-16-26-25(29)21(3)27(17-15-22-9-7-6-8-10-22)24(28)19-30-18-23-13-11-20(2)12-14-23/h6-14,21H,4-5,15-19H2,1-3H3,(H,26,29)/t21-/m1/s1. The molecule has 0 aliphatic carbocycles. The van der Waals surface area contributed by atoms with Gasteiger partial charge in [-0.2, -0.15) is 0 Å². The van der Waals surface area contributed by atoms with E-state index in [1.54, 1.807) is 16.7 Å². The summed E-state index contributed by atoms with van der Waals surface area (Å²) in [5.74, 6) is 1.10. The van der Waals surface area contributed by atoms with Crippen molar-refractivity contribution in [3.05, 3.63) is 71.3 Å². The van der Waals surface area contributed by atoms with Gasteiger partial charge in [0, 0.05) is 18.8 Å². The second-order valence-corrected chi connectivity index (χ2v) is 8.61. The minimum atomic E-state index is -0.474. The van der Waals surface area contributed by atoms with Crippen molar-refractivity contribution in [2.45, 2.75) is 51.8 Å². The van der Waals surface area contributed by atoms with Gasteiger partial charge in [-0.1, -0.05) is 73.5 Å². The molecule has 5 heteroatoms. The van der Waals surface area contributed by atoms with Gasteiger partial charge in [-0.15, -0.1) is 11.8 Å². The molecule has 30 heavy (non-hydrogen) atoms. The van der Waals surface area contributed by atoms with Crippen LogP contribution in [0.15, 0.2) is 54.6 Å². The Morgan fingerprint density at radius 3 is 2.40 bits per heavy atom. The van der Waals surface area contributed by atoms with Crippen LogP contribution in [0.1, 0.15) is 43.4 Å². The number of hydrogen-bond acceptors (Lipinski definition) is 3. The highest BCUT2D eigenvalue weighted by Crippen LogP contribution is 2.15. The number of unbranched alkanes of at least 4 members (excludes halogenated alkanes) is 1. The molecule has 0 unspecified atom stereocenters. The fourth-order valence-electron chi connectivity index (χ4n) is 3.13. The highest BCUT2D eigenvalue weighted by molar-refractivity contribution is 7.99. The maximum absolute atomic E-state index is 13.0. The molecular formula is C25H34N2O2S. The number of carbonyl (C=O) groups is 2. The predicted octanol–water partition coefficient (Wildman–Crippen LogP) is 4.60. The quantitative estimate of drug-likeness (QED) is 0.505. The Morgan fingerprint density at radius 2 is 1.73 bits per heavy atom. The normalized spacial score (nSPS) is 11.7. The molecule has 1 atom stereocenters. The molecule has 0 heterocycles. The van der Waals surface area contributed by atoms with E-state index in [9.17, 15) is 9.59 Å². The van der Waals surface area contributed by atoms with Crippen molar-refractivity contribution in [1.29, 1.82) is 0 Å². The summed E-state index contributed by atoms with van der Waals surface area (Å²) >= 11 is 1.60. The van der Waals surface area contributed by atoms with Crippen molar-refractivity contribution in [2.24, 2.45) is 0 Å². The van der Waals surface area contributed by atoms with E-state index in [0.29, 0.717) is 18.8 Å². The minimum absolute atomic E-state index is 0.0150. The first-order chi connectivity index (χ1) is 14.5. The Kier molecular flexibility index (Phi) is 10.5. The van der Waals surface area contributed by atoms with Crippen LogP contribution in [0.25, 0.3) is 0 Å². The monoisotopic (exact) mass is 426 g/mol. The second kappa shape index (κ2) is 13.1. The Hall–Kier alpha value is -2.27. The molecule has 2 aromatic carbocycles. The molecule has 2 rings (SSSR count). The lowest BCUT2D eigenvalue weighted by atomic mass is 10.1. The summed E-state index contributed by atoms with van der Waals surface area (Å²) in [6.07, 6.45) is 2.71. The van der Waals surface area contributed by atoms with Crippen LogP contribution in [0.3, 0.4) is 0 Å². The fourth-order valence-corrected chi connectivity index (χ4v) is 4.00. The van der Waals surface area contributed by atoms with Crippen molar-refractivity contribution in [2.75, 3.05) is 18.8 Å². The smallest absolute Gasteiger partial charge is 0.242 e. The number of nitrogens with zero attached hydrogens (tertiary/aromatic N) is 1. The average Bonchev–Trinajstić information content (AvgIpc) is 2.76. The lowest BCUT2D eigenvalue weighted by Crippen LogP contribution is -2.49. The van der Waals surface area contributed by atoms with Gasteiger partial charge in [0.1, 0.15) is 6.04 Å². The van der Waals surface area contributed by atoms with Crippen molar-refractivity contribution in [3.63, 3.8) is 0 Å². The van der Waals surface area contributed by atoms with Crippen LogP contribution < -0.4 is 5.32 Å². The number of rotatable bonds is 12. The molecule has 0 spiro atoms. The van der Waals surface area contributed by atoms with Crippen molar-refractivity contribution in [3.8, 4) is 0 Å². The van der Waals surface area contributed by atoms with Crippen LogP contribution in [0.5, 0.6) is 0 Å². The number of aryl methyl sites for hydroxylation is 1. The van der Waals surface area contributed by atoms with Crippen LogP contribution in [-0.4, -0.2) is 41.6 Å². The summed E-state index contributed by atoms with van der Waals surface area (Å²) in [6, 6.07) is 18.0. The van der Waals surface area contributed by atoms with Crippen molar-refractivity contribution >= 4 is 23.6 Å². The van der Waals surface area contributed by atoms with Crippen LogP contribution in [0.4, 0.5) is 0 Å². The molecule has 0 fully saturated rings. The van der Waals surface area contributed by atoms with E-state index in [1.807, 2.05) is 25.1 Å². The maximum atomic E-state index is 13.0. The number of amides is 2. The second-order valence-electron chi connectivity index (χ2n) is 7.62. The molecule has 0 aliphatic rings. The van der Waals surface area contributed by atoms with Crippen molar-refractivity contribution in [1.82, 2.24) is 10.2 Å². The number of benzene rings is 2. The zero-order valence-electron chi connectivity index (χ0n) is 18.4. The van der Waals surface area contributed by atoms with E-state index < -0.39 is 6.04 Å². The number of carbonyl (C=O) groups excluding carboxylic acids is 2. The first-order valence-electron chi connectivity index (χ1n) is 10.8. The maximum Gasteiger partial charge on any atom is 0.242 e. The van der Waals surface area contributed by atoms with E-state index in [4.69, 9.17) is 0 Å². The van der Waals surface area contributed by atoms with Gasteiger partial charge >= 0.3 is 0 Å². The molecular weight excluding hydrogens is 392 g/mol. The number of thioether (sulfide) groups is 1. The summed E-state index contributed by atoms with van der Waals surface area (Å²) in [5, 5.41) is 2.96. The molecule has 1 N–H and O–H groups in total. The van der Waals surface area contributed by atoms with E-state index in [0.717, 1.165) is 25.0 Å². The molecule has 0 aliphatic heterocycles. The Morgan fingerprint density at radius 1 is 1.03 bits per heavy atom. The zero-order valence-corrected chi connectivity index (χ0v) is 19.2. The van der Waals surface area contributed by atoms with Gasteiger partial charge in [0.25, 0.3) is 0 Å². The zero-order chi connectivity index (χ0) is 21.8. The van der Waals surface area contributed by atoms with Crippen LogP contribution in [0.2, 0.25) is 0 Å². The summed E-state index contributed by atoms with van der Waals surface area (Å²) < 4.78 is 0. The number of nitrogens with one attached hydrogen (secondary N) is 1. The highest BCUT2D eigenvalue weighted by Gasteiger charge is 2.25. The molecule has 0 radical (unpaired) electrons. The molecule has 0 bridgehead atoms. The molecule has 2 aromatic rings. The Bertz CT molecular complexity index is 777. The summed E-state index contributed by atoms with van der Waals surface area (Å²) in [5.41, 5.74) is 3.61. The fraction of sp³-hybridized carbons (Fsp3) is 0.440. The van der Waals surface area contributed by atoms with Gasteiger partial charge < -0.3 is 10.2 Å². The number of hydrogen-bond donors (Lipinski definition) is 1. The third-order valence-corrected chi connectivity index (χ3v) is 6.08. The third-order valence-electron chi connectivity index (χ3n) is 5.10. The van der Waals surface area contributed by atoms with Gasteiger partial charge in [0.05, 0.1) is 5.75 Å². The average molecular weight is 427 g/mol. The van der Waals surface area contributed by atoms with E-state index >= 15 is 0 Å². The van der Waals surface area contributed by atoms with Crippen molar-refractivity contribution < 1.29 is 9.59 Å². The topological polar surface area (TPSA) is 49.4 Å². The third kappa shape index (κ3) is 8.23. The predicted molar refractivity (Wildman–Crippen MR) is 127 cm³/mol. The van der Waals surface area contributed by atoms with E-state index in [2.05, 4.69) is 55.6 Å². The molecule has 0 saturated heterocycles. The van der Waals surface area contributed by atoms with Gasteiger partial charge in [0.2, 0.25) is 11.8 Å². The van der Waals surface area contributed by atoms with Gasteiger partial charge in [-0.05, 0) is 37.8 Å². The van der Waals surface area contributed by atoms with Crippen LogP contribution in [0, 0.1) is 6.92 Å². The first-order valence-corrected chi connectivity index (χ1v) is 11.9. The summed E-state index contributed by atoms with van der Waals surface area (Å²) in [7, 11) is 0. The lowest BCUT2D eigenvalue weighted by Gasteiger charge is -2.28. The largest absolute Gasteiger partial charge is 0.354 e. The van der Waals surface area contributed by atoms with E-state index in [-0.39, 0.29) is 11.8 Å². The molecule has 0 aromatic heterocycles. The first kappa shape index (κ1) is 24.0. The van der Waals surface area contributed by atoms with Gasteiger partial charge in [-0.25, -0.2) is 0 Å². The SMILES string of the molecule is CCCCNC(=O)[C@@H](C)N(CCc1ccccc1)C(=O)CSCc1ccc(C)cc1. The molecule has 4 nitrogen and oxygen atoms in total. The summed E-state index contributed by atoms with van der Waals surface area (Å²) in [6.45, 7) is 7.18. The van der Waals surface area contributed by atoms with Gasteiger partial charge in [-0.3, -0.25) is 9.59 Å². The highest BCUT2D eigenvalue weighted by atomic mass is 32.2. The Balaban J connectivity index is 1.96. The lowest BCUT2D eigenvalue weighted by molar-refractivity contribution is -0.137. The van der Waals surface area contributed by atoms with Gasteiger partial charge in [0.15, 0.2) is 0 Å².